The predicted octanol–water partition coefficient (Wildman–Crippen LogP) is 3.74. The number of piperazine rings is 1. The fraction of sp³-hybridized carbons (Fsp3) is 0.238. The van der Waals surface area contributed by atoms with Crippen molar-refractivity contribution < 1.29 is 4.79 Å². The van der Waals surface area contributed by atoms with Crippen LogP contribution in [0.2, 0.25) is 5.02 Å². The van der Waals surface area contributed by atoms with E-state index in [-0.39, 0.29) is 5.91 Å². The van der Waals surface area contributed by atoms with E-state index in [2.05, 4.69) is 33.2 Å². The van der Waals surface area contributed by atoms with Crippen LogP contribution in [-0.2, 0) is 4.79 Å². The summed E-state index contributed by atoms with van der Waals surface area (Å²) in [7, 11) is 0. The van der Waals surface area contributed by atoms with Gasteiger partial charge in [-0.15, -0.1) is 0 Å². The lowest BCUT2D eigenvalue weighted by Gasteiger charge is -2.35. The molecule has 1 saturated heterocycles. The first kappa shape index (κ1) is 19.8. The normalized spacial score (nSPS) is 15.3. The maximum Gasteiger partial charge on any atom is 0.246 e. The summed E-state index contributed by atoms with van der Waals surface area (Å²) in [6.45, 7) is 11.6. The minimum Gasteiger partial charge on any atom is -0.352 e. The number of anilines is 1. The van der Waals surface area contributed by atoms with E-state index in [1.807, 2.05) is 31.2 Å². The highest BCUT2D eigenvalue weighted by atomic mass is 35.5. The second-order valence-electron chi connectivity index (χ2n) is 6.31. The Morgan fingerprint density at radius 1 is 1.25 bits per heavy atom. The van der Waals surface area contributed by atoms with Crippen molar-refractivity contribution in [1.82, 2.24) is 14.9 Å². The van der Waals surface area contributed by atoms with Gasteiger partial charge in [-0.2, -0.15) is 0 Å². The van der Waals surface area contributed by atoms with Gasteiger partial charge in [-0.3, -0.25) is 9.79 Å². The predicted molar refractivity (Wildman–Crippen MR) is 116 cm³/mol. The van der Waals surface area contributed by atoms with Crippen molar-refractivity contribution in [3.8, 4) is 0 Å². The molecule has 2 aromatic rings. The van der Waals surface area contributed by atoms with E-state index in [0.29, 0.717) is 31.2 Å². The standard InChI is InChI=1S/C21H22ClN5O/c1-4-15(6-7-23-3)16-12-17-19(13-18(16)22)24-14-25-21(17)27-10-8-26(9-11-27)20(28)5-2/h4-7,12-14H,2-3,8-11H2,1H3/b7-6-,15-4+. The highest BCUT2D eigenvalue weighted by Crippen LogP contribution is 2.33. The van der Waals surface area contributed by atoms with Crippen molar-refractivity contribution in [3.05, 3.63) is 60.1 Å². The quantitative estimate of drug-likeness (QED) is 0.439. The molecule has 28 heavy (non-hydrogen) atoms. The summed E-state index contributed by atoms with van der Waals surface area (Å²) >= 11 is 6.52. The zero-order valence-electron chi connectivity index (χ0n) is 15.8. The van der Waals surface area contributed by atoms with E-state index in [9.17, 15) is 4.79 Å². The Kier molecular flexibility index (Phi) is 6.21. The zero-order valence-corrected chi connectivity index (χ0v) is 16.6. The molecule has 1 aliphatic heterocycles. The van der Waals surface area contributed by atoms with Gasteiger partial charge in [-0.25, -0.2) is 9.97 Å². The van der Waals surface area contributed by atoms with Gasteiger partial charge in [0.2, 0.25) is 5.91 Å². The van der Waals surface area contributed by atoms with Gasteiger partial charge in [0.1, 0.15) is 12.1 Å². The number of allylic oxidation sites excluding steroid dienone is 3. The van der Waals surface area contributed by atoms with Crippen molar-refractivity contribution in [2.24, 2.45) is 4.99 Å². The van der Waals surface area contributed by atoms with Gasteiger partial charge in [0.25, 0.3) is 0 Å². The first-order valence-corrected chi connectivity index (χ1v) is 9.36. The van der Waals surface area contributed by atoms with Crippen LogP contribution in [0.25, 0.3) is 16.5 Å². The SMILES string of the molecule is C=CC(=O)N1CCN(c2ncnc3cc(Cl)c(C(/C=C\N=C)=C/C)cc23)CC1. The molecule has 0 unspecified atom stereocenters. The Morgan fingerprint density at radius 2 is 2.00 bits per heavy atom. The Morgan fingerprint density at radius 3 is 2.64 bits per heavy atom. The number of carbonyl (C=O) groups excluding carboxylic acids is 1. The third kappa shape index (κ3) is 3.97. The molecule has 0 atom stereocenters. The number of aliphatic imine (C=N–C) groups is 1. The second kappa shape index (κ2) is 8.80. The van der Waals surface area contributed by atoms with Gasteiger partial charge < -0.3 is 9.80 Å². The van der Waals surface area contributed by atoms with E-state index in [1.165, 1.54) is 6.08 Å². The van der Waals surface area contributed by atoms with Crippen LogP contribution in [0.4, 0.5) is 5.82 Å². The maximum atomic E-state index is 11.8. The van der Waals surface area contributed by atoms with Gasteiger partial charge in [0.05, 0.1) is 10.5 Å². The lowest BCUT2D eigenvalue weighted by Crippen LogP contribution is -2.48. The van der Waals surface area contributed by atoms with Gasteiger partial charge in [0.15, 0.2) is 0 Å². The summed E-state index contributed by atoms with van der Waals surface area (Å²) in [6, 6.07) is 3.87. The third-order valence-electron chi connectivity index (χ3n) is 4.75. The molecule has 3 rings (SSSR count). The molecule has 1 aromatic carbocycles. The summed E-state index contributed by atoms with van der Waals surface area (Å²) in [5.41, 5.74) is 2.60. The van der Waals surface area contributed by atoms with E-state index < -0.39 is 0 Å². The molecule has 0 saturated carbocycles. The number of fused-ring (bicyclic) bond motifs is 1. The van der Waals surface area contributed by atoms with E-state index in [1.54, 1.807) is 17.4 Å². The molecule has 0 bridgehead atoms. The Bertz CT molecular complexity index is 974. The first-order chi connectivity index (χ1) is 13.6. The van der Waals surface area contributed by atoms with Crippen LogP contribution in [0.1, 0.15) is 12.5 Å². The summed E-state index contributed by atoms with van der Waals surface area (Å²) in [5.74, 6) is 0.802. The third-order valence-corrected chi connectivity index (χ3v) is 5.06. The molecule has 6 nitrogen and oxygen atoms in total. The lowest BCUT2D eigenvalue weighted by atomic mass is 10.0. The molecule has 0 aliphatic carbocycles. The molecule has 1 amide bonds. The summed E-state index contributed by atoms with van der Waals surface area (Å²) < 4.78 is 0. The summed E-state index contributed by atoms with van der Waals surface area (Å²) in [6.07, 6.45) is 8.37. The van der Waals surface area contributed by atoms with Crippen LogP contribution in [-0.4, -0.2) is 53.7 Å². The number of hydrogen-bond donors (Lipinski definition) is 0. The second-order valence-corrected chi connectivity index (χ2v) is 6.71. The zero-order chi connectivity index (χ0) is 20.1. The van der Waals surface area contributed by atoms with Crippen molar-refractivity contribution >= 4 is 46.5 Å². The number of hydrogen-bond acceptors (Lipinski definition) is 5. The topological polar surface area (TPSA) is 61.7 Å². The number of carbonyl (C=O) groups is 1. The van der Waals surface area contributed by atoms with Crippen molar-refractivity contribution in [3.63, 3.8) is 0 Å². The number of nitrogens with zero attached hydrogens (tertiary/aromatic N) is 5. The molecule has 0 radical (unpaired) electrons. The van der Waals surface area contributed by atoms with Crippen molar-refractivity contribution in [1.29, 1.82) is 0 Å². The summed E-state index contributed by atoms with van der Waals surface area (Å²) in [5, 5.41) is 1.53. The molecular weight excluding hydrogens is 374 g/mol. The number of amides is 1. The average Bonchev–Trinajstić information content (AvgIpc) is 2.73. The van der Waals surface area contributed by atoms with Crippen LogP contribution in [0, 0.1) is 0 Å². The van der Waals surface area contributed by atoms with Crippen LogP contribution in [0.3, 0.4) is 0 Å². The molecule has 1 aromatic heterocycles. The number of aromatic nitrogens is 2. The molecule has 7 heteroatoms. The largest absolute Gasteiger partial charge is 0.352 e. The minimum absolute atomic E-state index is 0.0402. The molecule has 0 N–H and O–H groups in total. The van der Waals surface area contributed by atoms with E-state index in [4.69, 9.17) is 11.6 Å². The molecule has 2 heterocycles. The molecule has 0 spiro atoms. The maximum absolute atomic E-state index is 11.8. The number of halogens is 1. The molecule has 1 aliphatic rings. The monoisotopic (exact) mass is 395 g/mol. The van der Waals surface area contributed by atoms with E-state index >= 15 is 0 Å². The van der Waals surface area contributed by atoms with Gasteiger partial charge in [-0.05, 0) is 43.5 Å². The van der Waals surface area contributed by atoms with Crippen LogP contribution in [0.5, 0.6) is 0 Å². The van der Waals surface area contributed by atoms with Gasteiger partial charge >= 0.3 is 0 Å². The van der Waals surface area contributed by atoms with Crippen LogP contribution >= 0.6 is 11.6 Å². The van der Waals surface area contributed by atoms with Crippen LogP contribution < -0.4 is 4.90 Å². The first-order valence-electron chi connectivity index (χ1n) is 8.98. The van der Waals surface area contributed by atoms with Crippen LogP contribution in [0.15, 0.2) is 54.5 Å². The fourth-order valence-corrected chi connectivity index (χ4v) is 3.55. The van der Waals surface area contributed by atoms with Crippen molar-refractivity contribution in [2.75, 3.05) is 31.1 Å². The lowest BCUT2D eigenvalue weighted by molar-refractivity contribution is -0.126. The number of rotatable bonds is 5. The average molecular weight is 396 g/mol. The number of benzene rings is 1. The Balaban J connectivity index is 1.99. The highest BCUT2D eigenvalue weighted by molar-refractivity contribution is 6.33. The Hall–Kier alpha value is -2.99. The molecular formula is C21H22ClN5O. The molecule has 1 fully saturated rings. The van der Waals surface area contributed by atoms with Crippen molar-refractivity contribution in [2.45, 2.75) is 6.92 Å². The fourth-order valence-electron chi connectivity index (χ4n) is 3.28. The van der Waals surface area contributed by atoms with Gasteiger partial charge in [-0.1, -0.05) is 24.3 Å². The Labute approximate surface area is 169 Å². The molecule has 144 valence electrons. The summed E-state index contributed by atoms with van der Waals surface area (Å²) in [4.78, 5) is 28.5. The smallest absolute Gasteiger partial charge is 0.246 e. The minimum atomic E-state index is -0.0402. The highest BCUT2D eigenvalue weighted by Gasteiger charge is 2.22. The van der Waals surface area contributed by atoms with E-state index in [0.717, 1.165) is 27.9 Å². The van der Waals surface area contributed by atoms with Gasteiger partial charge in [0, 0.05) is 43.3 Å².